The topological polar surface area (TPSA) is 95.3 Å². The molecule has 2 heterocycles. The molecule has 2 aromatic carbocycles. The van der Waals surface area contributed by atoms with Crippen molar-refractivity contribution in [3.05, 3.63) is 84.5 Å². The van der Waals surface area contributed by atoms with E-state index >= 15 is 0 Å². The largest absolute Gasteiger partial charge is 0.490 e. The molecule has 1 aliphatic rings. The molecule has 0 unspecified atom stereocenters. The van der Waals surface area contributed by atoms with Gasteiger partial charge < -0.3 is 18.6 Å². The summed E-state index contributed by atoms with van der Waals surface area (Å²) in [7, 11) is 1.23. The Labute approximate surface area is 240 Å². The van der Waals surface area contributed by atoms with E-state index in [1.165, 1.54) is 19.2 Å². The zero-order valence-corrected chi connectivity index (χ0v) is 24.0. The fourth-order valence-corrected chi connectivity index (χ4v) is 5.17. The predicted molar refractivity (Wildman–Crippen MR) is 148 cm³/mol. The van der Waals surface area contributed by atoms with Gasteiger partial charge in [0.25, 0.3) is 11.1 Å². The third kappa shape index (κ3) is 6.37. The van der Waals surface area contributed by atoms with Crippen LogP contribution in [0.1, 0.15) is 34.4 Å². The molecule has 0 saturated carbocycles. The van der Waals surface area contributed by atoms with Crippen LogP contribution in [-0.2, 0) is 22.7 Å². The molecule has 1 aliphatic heterocycles. The Kier molecular flexibility index (Phi) is 9.09. The van der Waals surface area contributed by atoms with Crippen LogP contribution < -0.4 is 9.47 Å². The van der Waals surface area contributed by atoms with Gasteiger partial charge in [-0.05, 0) is 66.7 Å². The van der Waals surface area contributed by atoms with E-state index in [4.69, 9.17) is 37.1 Å². The minimum atomic E-state index is -0.649. The summed E-state index contributed by atoms with van der Waals surface area (Å²) in [6, 6.07) is 11.5. The molecule has 198 valence electrons. The van der Waals surface area contributed by atoms with E-state index in [0.29, 0.717) is 38.2 Å². The summed E-state index contributed by atoms with van der Waals surface area (Å²) in [5.41, 5.74) is 1.37. The van der Waals surface area contributed by atoms with Crippen molar-refractivity contribution in [2.75, 3.05) is 13.7 Å². The number of ether oxygens (including phenoxy) is 3. The van der Waals surface area contributed by atoms with Crippen LogP contribution in [0, 0.1) is 0 Å². The van der Waals surface area contributed by atoms with Crippen molar-refractivity contribution < 1.29 is 33.0 Å². The highest BCUT2D eigenvalue weighted by Gasteiger charge is 2.36. The van der Waals surface area contributed by atoms with Crippen LogP contribution in [0.5, 0.6) is 11.5 Å². The summed E-state index contributed by atoms with van der Waals surface area (Å²) in [6.07, 6.45) is 1.60. The number of halogens is 3. The van der Waals surface area contributed by atoms with Gasteiger partial charge in [-0.25, -0.2) is 4.79 Å². The maximum atomic E-state index is 13.0. The zero-order chi connectivity index (χ0) is 27.4. The molecule has 1 aromatic heterocycles. The fraction of sp³-hybridized carbons (Fsp3) is 0.192. The Morgan fingerprint density at radius 2 is 1.87 bits per heavy atom. The Morgan fingerprint density at radius 1 is 1.11 bits per heavy atom. The van der Waals surface area contributed by atoms with Gasteiger partial charge in [-0.1, -0.05) is 45.2 Å². The molecule has 0 aliphatic carbocycles. The van der Waals surface area contributed by atoms with E-state index in [0.717, 1.165) is 22.2 Å². The maximum absolute atomic E-state index is 13.0. The van der Waals surface area contributed by atoms with E-state index in [1.807, 2.05) is 6.92 Å². The first-order valence-corrected chi connectivity index (χ1v) is 13.5. The molecule has 0 bridgehead atoms. The van der Waals surface area contributed by atoms with Crippen molar-refractivity contribution in [2.24, 2.45) is 0 Å². The van der Waals surface area contributed by atoms with Gasteiger partial charge >= 0.3 is 5.97 Å². The minimum Gasteiger partial charge on any atom is -0.490 e. The molecule has 12 heteroatoms. The highest BCUT2D eigenvalue weighted by Crippen LogP contribution is 2.39. The second kappa shape index (κ2) is 12.3. The molecule has 3 aromatic rings. The van der Waals surface area contributed by atoms with Gasteiger partial charge in [0.2, 0.25) is 5.76 Å². The number of hydrogen-bond donors (Lipinski definition) is 0. The Hall–Kier alpha value is -2.92. The van der Waals surface area contributed by atoms with Crippen molar-refractivity contribution in [3.8, 4) is 11.5 Å². The van der Waals surface area contributed by atoms with Gasteiger partial charge in [0, 0.05) is 20.1 Å². The first-order chi connectivity index (χ1) is 18.2. The monoisotopic (exact) mass is 639 g/mol. The van der Waals surface area contributed by atoms with Gasteiger partial charge in [0.15, 0.2) is 11.5 Å². The normalized spacial score (nSPS) is 14.3. The average molecular weight is 641 g/mol. The van der Waals surface area contributed by atoms with Gasteiger partial charge in [0.05, 0.1) is 25.2 Å². The summed E-state index contributed by atoms with van der Waals surface area (Å²) in [6.45, 7) is 2.29. The second-order valence-electron chi connectivity index (χ2n) is 7.80. The van der Waals surface area contributed by atoms with E-state index in [1.54, 1.807) is 36.4 Å². The Balaban J connectivity index is 1.53. The molecule has 2 amide bonds. The summed E-state index contributed by atoms with van der Waals surface area (Å²) in [5.74, 6) is 0.0445. The van der Waals surface area contributed by atoms with Crippen LogP contribution in [0.2, 0.25) is 10.0 Å². The van der Waals surface area contributed by atoms with Crippen molar-refractivity contribution in [3.63, 3.8) is 0 Å². The smallest absolute Gasteiger partial charge is 0.373 e. The van der Waals surface area contributed by atoms with E-state index in [9.17, 15) is 14.4 Å². The summed E-state index contributed by atoms with van der Waals surface area (Å²) in [4.78, 5) is 38.5. The summed E-state index contributed by atoms with van der Waals surface area (Å²) < 4.78 is 22.4. The number of imide groups is 1. The number of rotatable bonds is 9. The number of thioether (sulfide) groups is 1. The number of methoxy groups -OCH3 is 1. The zero-order valence-electron chi connectivity index (χ0n) is 20.1. The SMILES string of the molecule is CCOc1cc(/C=C2/SC(=O)N(Cc3ccc(C(=O)OC)o3)C2=O)c(Br)cc1OCc1ccc(Cl)cc1Cl. The maximum Gasteiger partial charge on any atom is 0.373 e. The van der Waals surface area contributed by atoms with Crippen molar-refractivity contribution >= 4 is 74.1 Å². The van der Waals surface area contributed by atoms with Gasteiger partial charge in [0.1, 0.15) is 12.4 Å². The highest BCUT2D eigenvalue weighted by molar-refractivity contribution is 9.10. The number of carbonyl (C=O) groups is 3. The van der Waals surface area contributed by atoms with E-state index in [-0.39, 0.29) is 29.6 Å². The van der Waals surface area contributed by atoms with E-state index < -0.39 is 17.1 Å². The van der Waals surface area contributed by atoms with Crippen LogP contribution >= 0.6 is 50.9 Å². The predicted octanol–water partition coefficient (Wildman–Crippen LogP) is 7.35. The van der Waals surface area contributed by atoms with Crippen LogP contribution in [0.15, 0.2) is 56.3 Å². The van der Waals surface area contributed by atoms with Gasteiger partial charge in [-0.15, -0.1) is 0 Å². The molecular formula is C26H20BrCl2NO7S. The number of esters is 1. The second-order valence-corrected chi connectivity index (χ2v) is 10.5. The third-order valence-corrected chi connectivity index (χ3v) is 7.46. The molecule has 1 fully saturated rings. The highest BCUT2D eigenvalue weighted by atomic mass is 79.9. The van der Waals surface area contributed by atoms with Crippen molar-refractivity contribution in [2.45, 2.75) is 20.1 Å². The lowest BCUT2D eigenvalue weighted by Gasteiger charge is -2.15. The third-order valence-electron chi connectivity index (χ3n) is 5.28. The molecule has 0 N–H and O–H groups in total. The average Bonchev–Trinajstić information content (AvgIpc) is 3.46. The number of amides is 2. The Bertz CT molecular complexity index is 1440. The fourth-order valence-electron chi connectivity index (χ4n) is 3.44. The first kappa shape index (κ1) is 28.1. The minimum absolute atomic E-state index is 0.0157. The lowest BCUT2D eigenvalue weighted by molar-refractivity contribution is -0.123. The summed E-state index contributed by atoms with van der Waals surface area (Å²) >= 11 is 16.5. The molecule has 8 nitrogen and oxygen atoms in total. The number of furan rings is 1. The van der Waals surface area contributed by atoms with Crippen LogP contribution in [-0.4, -0.2) is 35.7 Å². The van der Waals surface area contributed by atoms with Crippen molar-refractivity contribution in [1.82, 2.24) is 4.90 Å². The lowest BCUT2D eigenvalue weighted by atomic mass is 10.1. The van der Waals surface area contributed by atoms with Crippen LogP contribution in [0.4, 0.5) is 4.79 Å². The summed E-state index contributed by atoms with van der Waals surface area (Å²) in [5, 5.41) is 0.552. The van der Waals surface area contributed by atoms with E-state index in [2.05, 4.69) is 20.7 Å². The standard InChI is InChI=1S/C26H20BrCl2NO7S/c1-3-35-21-8-15(18(27)11-22(21)36-13-14-4-5-16(28)10-19(14)29)9-23-24(31)30(26(33)38-23)12-17-6-7-20(37-17)25(32)34-2/h4-11H,3,12-13H2,1-2H3/b23-9+. The number of nitrogens with zero attached hydrogens (tertiary/aromatic N) is 1. The number of benzene rings is 2. The van der Waals surface area contributed by atoms with Crippen LogP contribution in [0.25, 0.3) is 6.08 Å². The number of carbonyl (C=O) groups excluding carboxylic acids is 3. The molecule has 0 spiro atoms. The van der Waals surface area contributed by atoms with Crippen molar-refractivity contribution in [1.29, 1.82) is 0 Å². The Morgan fingerprint density at radius 3 is 2.58 bits per heavy atom. The first-order valence-electron chi connectivity index (χ1n) is 11.2. The molecule has 4 rings (SSSR count). The number of hydrogen-bond acceptors (Lipinski definition) is 8. The lowest BCUT2D eigenvalue weighted by Crippen LogP contribution is -2.27. The molecule has 0 atom stereocenters. The van der Waals surface area contributed by atoms with Gasteiger partial charge in [-0.3, -0.25) is 14.5 Å². The van der Waals surface area contributed by atoms with Gasteiger partial charge in [-0.2, -0.15) is 0 Å². The van der Waals surface area contributed by atoms with Crippen LogP contribution in [0.3, 0.4) is 0 Å². The molecule has 0 radical (unpaired) electrons. The molecule has 1 saturated heterocycles. The molecule has 38 heavy (non-hydrogen) atoms. The quantitative estimate of drug-likeness (QED) is 0.177. The molecular weight excluding hydrogens is 621 g/mol.